The third-order valence-electron chi connectivity index (χ3n) is 5.31. The van der Waals surface area contributed by atoms with Crippen LogP contribution in [0.25, 0.3) is 0 Å². The van der Waals surface area contributed by atoms with E-state index in [1.54, 1.807) is 12.1 Å². The molecule has 1 fully saturated rings. The molecule has 0 aliphatic carbocycles. The monoisotopic (exact) mass is 459 g/mol. The van der Waals surface area contributed by atoms with Crippen molar-refractivity contribution in [3.63, 3.8) is 0 Å². The second kappa shape index (κ2) is 8.73. The van der Waals surface area contributed by atoms with Gasteiger partial charge in [-0.05, 0) is 42.7 Å². The summed E-state index contributed by atoms with van der Waals surface area (Å²) in [6, 6.07) is 11.7. The highest BCUT2D eigenvalue weighted by Gasteiger charge is 2.33. The molecule has 2 heterocycles. The van der Waals surface area contributed by atoms with Gasteiger partial charge in [-0.15, -0.1) is 11.3 Å². The molecule has 0 amide bonds. The molecule has 0 radical (unpaired) electrons. The number of nitrogens with zero attached hydrogens (tertiary/aromatic N) is 3. The van der Waals surface area contributed by atoms with Crippen LogP contribution < -0.4 is 4.90 Å². The maximum Gasteiger partial charge on any atom is 0.185 e. The van der Waals surface area contributed by atoms with Gasteiger partial charge in [0, 0.05) is 31.0 Å². The van der Waals surface area contributed by atoms with Crippen molar-refractivity contribution in [2.24, 2.45) is 0 Å². The van der Waals surface area contributed by atoms with Crippen LogP contribution in [0.2, 0.25) is 0 Å². The lowest BCUT2D eigenvalue weighted by Gasteiger charge is -2.31. The standard InChI is InChI=1S/C22H19F2N3O2S2/c23-17-9-15(10-18(24)12-17)11-19-14-30-22(26-19)27-7-5-20(6-8-27)31(28,29)21-4-2-1-3-16(21)13-25/h1-4,9-10,12,14,20H,5-8,11H2. The fourth-order valence-electron chi connectivity index (χ4n) is 3.79. The molecule has 0 N–H and O–H groups in total. The second-order valence-corrected chi connectivity index (χ2v) is 10.4. The number of halogens is 2. The first-order valence-electron chi connectivity index (χ1n) is 9.74. The van der Waals surface area contributed by atoms with Crippen molar-refractivity contribution in [3.8, 4) is 6.07 Å². The van der Waals surface area contributed by atoms with Crippen molar-refractivity contribution in [3.05, 3.63) is 76.3 Å². The number of anilines is 1. The normalized spacial score (nSPS) is 15.1. The van der Waals surface area contributed by atoms with Gasteiger partial charge in [-0.25, -0.2) is 22.2 Å². The number of piperidine rings is 1. The van der Waals surface area contributed by atoms with Gasteiger partial charge in [-0.2, -0.15) is 5.26 Å². The molecule has 1 aliphatic rings. The van der Waals surface area contributed by atoms with Crippen molar-refractivity contribution in [2.75, 3.05) is 18.0 Å². The minimum atomic E-state index is -3.59. The molecule has 1 saturated heterocycles. The molecule has 0 bridgehead atoms. The van der Waals surface area contributed by atoms with Gasteiger partial charge in [-0.1, -0.05) is 12.1 Å². The number of hydrogen-bond acceptors (Lipinski definition) is 6. The third kappa shape index (κ3) is 4.60. The molecule has 0 unspecified atom stereocenters. The number of nitriles is 1. The van der Waals surface area contributed by atoms with E-state index in [4.69, 9.17) is 0 Å². The average Bonchev–Trinajstić information content (AvgIpc) is 3.21. The molecule has 160 valence electrons. The first kappa shape index (κ1) is 21.4. The molecular formula is C22H19F2N3O2S2. The quantitative estimate of drug-likeness (QED) is 0.568. The SMILES string of the molecule is N#Cc1ccccc1S(=O)(=O)C1CCN(c2nc(Cc3cc(F)cc(F)c3)cs2)CC1. The van der Waals surface area contributed by atoms with Crippen LogP contribution in [-0.4, -0.2) is 31.7 Å². The fourth-order valence-corrected chi connectivity index (χ4v) is 6.55. The minimum absolute atomic E-state index is 0.0924. The van der Waals surface area contributed by atoms with Gasteiger partial charge in [0.25, 0.3) is 0 Å². The highest BCUT2D eigenvalue weighted by molar-refractivity contribution is 7.92. The van der Waals surface area contributed by atoms with E-state index in [1.165, 1.54) is 35.6 Å². The zero-order valence-corrected chi connectivity index (χ0v) is 18.1. The van der Waals surface area contributed by atoms with E-state index in [9.17, 15) is 22.5 Å². The highest BCUT2D eigenvalue weighted by atomic mass is 32.2. The summed E-state index contributed by atoms with van der Waals surface area (Å²) >= 11 is 1.43. The van der Waals surface area contributed by atoms with Crippen LogP contribution in [0.1, 0.15) is 29.7 Å². The Morgan fingerprint density at radius 2 is 1.81 bits per heavy atom. The van der Waals surface area contributed by atoms with Crippen molar-refractivity contribution >= 4 is 26.3 Å². The predicted octanol–water partition coefficient (Wildman–Crippen LogP) is 4.33. The molecular weight excluding hydrogens is 440 g/mol. The Labute approximate surface area is 183 Å². The number of benzene rings is 2. The molecule has 1 aliphatic heterocycles. The topological polar surface area (TPSA) is 74.1 Å². The summed E-state index contributed by atoms with van der Waals surface area (Å²) in [5.41, 5.74) is 1.39. The second-order valence-electron chi connectivity index (χ2n) is 7.42. The summed E-state index contributed by atoms with van der Waals surface area (Å²) in [5.74, 6) is -1.24. The van der Waals surface area contributed by atoms with E-state index in [2.05, 4.69) is 4.98 Å². The maximum atomic E-state index is 13.4. The molecule has 5 nitrogen and oxygen atoms in total. The zero-order chi connectivity index (χ0) is 22.0. The van der Waals surface area contributed by atoms with Crippen molar-refractivity contribution in [1.29, 1.82) is 5.26 Å². The smallest absolute Gasteiger partial charge is 0.185 e. The summed E-state index contributed by atoms with van der Waals surface area (Å²) in [4.78, 5) is 6.69. The van der Waals surface area contributed by atoms with Crippen LogP contribution >= 0.6 is 11.3 Å². The van der Waals surface area contributed by atoms with Crippen LogP contribution in [0.3, 0.4) is 0 Å². The van der Waals surface area contributed by atoms with Crippen LogP contribution in [0.5, 0.6) is 0 Å². The van der Waals surface area contributed by atoms with E-state index >= 15 is 0 Å². The van der Waals surface area contributed by atoms with E-state index in [0.717, 1.165) is 11.2 Å². The lowest BCUT2D eigenvalue weighted by Crippen LogP contribution is -2.39. The number of aromatic nitrogens is 1. The Hall–Kier alpha value is -2.83. The first-order valence-corrected chi connectivity index (χ1v) is 12.2. The molecule has 0 atom stereocenters. The summed E-state index contributed by atoms with van der Waals surface area (Å²) in [6.45, 7) is 1.06. The van der Waals surface area contributed by atoms with Gasteiger partial charge in [0.1, 0.15) is 17.7 Å². The molecule has 4 rings (SSSR count). The van der Waals surface area contributed by atoms with Gasteiger partial charge >= 0.3 is 0 Å². The third-order valence-corrected chi connectivity index (χ3v) is 8.58. The summed E-state index contributed by atoms with van der Waals surface area (Å²) < 4.78 is 52.9. The van der Waals surface area contributed by atoms with Crippen molar-refractivity contribution < 1.29 is 17.2 Å². The average molecular weight is 460 g/mol. The van der Waals surface area contributed by atoms with Crippen LogP contribution in [0.15, 0.2) is 52.7 Å². The first-order chi connectivity index (χ1) is 14.9. The molecule has 1 aromatic heterocycles. The van der Waals surface area contributed by atoms with E-state index < -0.39 is 26.7 Å². The van der Waals surface area contributed by atoms with Crippen molar-refractivity contribution in [2.45, 2.75) is 29.4 Å². The number of thiazole rings is 1. The van der Waals surface area contributed by atoms with E-state index in [-0.39, 0.29) is 10.5 Å². The molecule has 2 aromatic carbocycles. The van der Waals surface area contributed by atoms with Gasteiger partial charge in [0.15, 0.2) is 15.0 Å². The largest absolute Gasteiger partial charge is 0.348 e. The molecule has 31 heavy (non-hydrogen) atoms. The summed E-state index contributed by atoms with van der Waals surface area (Å²) in [7, 11) is -3.59. The zero-order valence-electron chi connectivity index (χ0n) is 16.5. The Kier molecular flexibility index (Phi) is 6.03. The van der Waals surface area contributed by atoms with Gasteiger partial charge in [-0.3, -0.25) is 0 Å². The number of hydrogen-bond donors (Lipinski definition) is 0. The van der Waals surface area contributed by atoms with E-state index in [0.29, 0.717) is 43.6 Å². The highest BCUT2D eigenvalue weighted by Crippen LogP contribution is 2.30. The molecule has 0 spiro atoms. The lowest BCUT2D eigenvalue weighted by molar-refractivity contribution is 0.529. The Morgan fingerprint density at radius 3 is 2.48 bits per heavy atom. The van der Waals surface area contributed by atoms with Crippen molar-refractivity contribution in [1.82, 2.24) is 4.98 Å². The fraction of sp³-hybridized carbons (Fsp3) is 0.273. The number of rotatable bonds is 5. The summed E-state index contributed by atoms with van der Waals surface area (Å²) in [5, 5.41) is 11.3. The van der Waals surface area contributed by atoms with Crippen LogP contribution in [0, 0.1) is 23.0 Å². The summed E-state index contributed by atoms with van der Waals surface area (Å²) in [6.07, 6.45) is 1.19. The molecule has 0 saturated carbocycles. The number of sulfone groups is 1. The minimum Gasteiger partial charge on any atom is -0.348 e. The van der Waals surface area contributed by atoms with Crippen LogP contribution in [0.4, 0.5) is 13.9 Å². The predicted molar refractivity (Wildman–Crippen MR) is 115 cm³/mol. The Morgan fingerprint density at radius 1 is 1.13 bits per heavy atom. The lowest BCUT2D eigenvalue weighted by atomic mass is 10.1. The maximum absolute atomic E-state index is 13.4. The molecule has 9 heteroatoms. The van der Waals surface area contributed by atoms with Gasteiger partial charge in [0.05, 0.1) is 21.4 Å². The van der Waals surface area contributed by atoms with Gasteiger partial charge < -0.3 is 4.90 Å². The Balaban J connectivity index is 1.43. The van der Waals surface area contributed by atoms with Gasteiger partial charge in [0.2, 0.25) is 0 Å². The molecule has 3 aromatic rings. The van der Waals surface area contributed by atoms with Crippen LogP contribution in [-0.2, 0) is 16.3 Å². The Bertz CT molecular complexity index is 1220. The van der Waals surface area contributed by atoms with E-state index in [1.807, 2.05) is 16.3 Å².